The van der Waals surface area contributed by atoms with E-state index in [0.717, 1.165) is 35.3 Å². The number of carbonyl (C=O) groups is 2. The van der Waals surface area contributed by atoms with Crippen molar-refractivity contribution in [2.24, 2.45) is 5.92 Å². The number of halogens is 3. The quantitative estimate of drug-likeness (QED) is 0.291. The molecule has 41 heavy (non-hydrogen) atoms. The topological polar surface area (TPSA) is 76.5 Å². The predicted octanol–water partition coefficient (Wildman–Crippen LogP) is 6.09. The Balaban J connectivity index is 1.40. The lowest BCUT2D eigenvalue weighted by Crippen LogP contribution is -2.53. The van der Waals surface area contributed by atoms with Gasteiger partial charge in [0.1, 0.15) is 17.2 Å². The van der Waals surface area contributed by atoms with Gasteiger partial charge in [-0.3, -0.25) is 9.69 Å². The molecule has 4 aliphatic rings. The van der Waals surface area contributed by atoms with Crippen LogP contribution in [0.4, 0.5) is 10.1 Å². The Morgan fingerprint density at radius 1 is 1.17 bits per heavy atom. The van der Waals surface area contributed by atoms with Crippen LogP contribution in [0.25, 0.3) is 11.0 Å². The van der Waals surface area contributed by atoms with Crippen LogP contribution < -0.4 is 5.32 Å². The van der Waals surface area contributed by atoms with Crippen LogP contribution in [0.3, 0.4) is 0 Å². The van der Waals surface area contributed by atoms with Crippen LogP contribution in [0, 0.1) is 11.7 Å². The van der Waals surface area contributed by atoms with Crippen LogP contribution in [0.1, 0.15) is 52.0 Å². The maximum Gasteiger partial charge on any atom is 0.337 e. The van der Waals surface area contributed by atoms with Crippen molar-refractivity contribution in [3.63, 3.8) is 0 Å². The minimum atomic E-state index is -1.18. The second-order valence-electron chi connectivity index (χ2n) is 11.5. The second kappa shape index (κ2) is 8.77. The van der Waals surface area contributed by atoms with Gasteiger partial charge in [-0.1, -0.05) is 41.4 Å². The molecule has 208 valence electrons. The van der Waals surface area contributed by atoms with E-state index in [2.05, 4.69) is 14.8 Å². The summed E-state index contributed by atoms with van der Waals surface area (Å²) in [5.74, 6) is -0.854. The highest BCUT2D eigenvalue weighted by atomic mass is 35.5. The molecule has 7 nitrogen and oxygen atoms in total. The molecule has 10 heteroatoms. The van der Waals surface area contributed by atoms with Gasteiger partial charge in [0.25, 0.3) is 0 Å². The normalized spacial score (nSPS) is 26.3. The lowest BCUT2D eigenvalue weighted by atomic mass is 9.71. The number of imidazole rings is 1. The molecule has 3 aromatic carbocycles. The number of fused-ring (bicyclic) bond motifs is 7. The van der Waals surface area contributed by atoms with Crippen LogP contribution in [0.2, 0.25) is 10.0 Å². The molecule has 4 heterocycles. The lowest BCUT2D eigenvalue weighted by Gasteiger charge is -2.40. The number of carbonyl (C=O) groups excluding carboxylic acids is 2. The molecule has 1 aliphatic carbocycles. The Kier molecular flexibility index (Phi) is 5.40. The minimum absolute atomic E-state index is 0.0128. The van der Waals surface area contributed by atoms with Crippen molar-refractivity contribution in [2.45, 2.75) is 42.8 Å². The van der Waals surface area contributed by atoms with Crippen molar-refractivity contribution in [1.82, 2.24) is 14.5 Å². The molecule has 1 N–H and O–H groups in total. The fraction of sp³-hybridized carbons (Fsp3) is 0.323. The zero-order valence-electron chi connectivity index (χ0n) is 22.0. The molecule has 2 fully saturated rings. The molecular formula is C31H25Cl2FN4O3. The van der Waals surface area contributed by atoms with Gasteiger partial charge < -0.3 is 14.6 Å². The summed E-state index contributed by atoms with van der Waals surface area (Å²) < 4.78 is 23.2. The summed E-state index contributed by atoms with van der Waals surface area (Å²) >= 11 is 12.7. The van der Waals surface area contributed by atoms with Gasteiger partial charge in [0.05, 0.1) is 28.7 Å². The largest absolute Gasteiger partial charge is 0.465 e. The number of ether oxygens (including phenoxy) is 1. The molecule has 4 aromatic rings. The molecular weight excluding hydrogens is 566 g/mol. The third-order valence-electron chi connectivity index (χ3n) is 9.40. The predicted molar refractivity (Wildman–Crippen MR) is 153 cm³/mol. The Morgan fingerprint density at radius 3 is 2.78 bits per heavy atom. The van der Waals surface area contributed by atoms with Crippen molar-refractivity contribution in [3.05, 3.63) is 93.0 Å². The fourth-order valence-corrected chi connectivity index (χ4v) is 7.95. The lowest BCUT2D eigenvalue weighted by molar-refractivity contribution is -0.128. The molecule has 0 radical (unpaired) electrons. The average Bonchev–Trinajstić information content (AvgIpc) is 3.41. The highest BCUT2D eigenvalue weighted by Crippen LogP contribution is 2.65. The van der Waals surface area contributed by atoms with E-state index in [1.54, 1.807) is 36.4 Å². The molecule has 1 aromatic heterocycles. The molecule has 0 bridgehead atoms. The summed E-state index contributed by atoms with van der Waals surface area (Å²) in [5, 5.41) is 3.62. The first kappa shape index (κ1) is 25.3. The minimum Gasteiger partial charge on any atom is -0.465 e. The SMILES string of the molecule is COC(=O)c1ccc2nc3n(c2c1)C[C@H]1[C@@H]3[C@H](c2cccc(Cl)c2F)[C@]2(C(=O)Nc3cc(Cl)ccc32)N1CC1CC1. The number of nitrogens with one attached hydrogen (secondary N) is 1. The molecule has 3 aliphatic heterocycles. The van der Waals surface area contributed by atoms with E-state index in [4.69, 9.17) is 32.9 Å². The number of amides is 1. The van der Waals surface area contributed by atoms with Crippen LogP contribution in [-0.4, -0.2) is 46.0 Å². The number of esters is 1. The maximum atomic E-state index is 16.1. The van der Waals surface area contributed by atoms with Crippen molar-refractivity contribution in [3.8, 4) is 0 Å². The van der Waals surface area contributed by atoms with E-state index < -0.39 is 23.2 Å². The molecule has 1 saturated heterocycles. The number of methoxy groups -OCH3 is 1. The standard InChI is InChI=1S/C31H25Cl2FN4O3/c1-41-29(39)16-7-10-21-23(11-16)37-14-24-25(28(37)35-21)26(18-3-2-4-20(33)27(18)34)31(38(24)13-15-5-6-15)19-9-8-17(32)12-22(19)36-30(31)40/h2-4,7-12,15,24-26H,5-6,13-14H2,1H3,(H,36,40)/t24-,25+,26-,31+/m0/s1. The number of anilines is 1. The summed E-state index contributed by atoms with van der Waals surface area (Å²) in [6.45, 7) is 1.25. The van der Waals surface area contributed by atoms with E-state index in [1.807, 2.05) is 12.1 Å². The Morgan fingerprint density at radius 2 is 2.00 bits per heavy atom. The van der Waals surface area contributed by atoms with Crippen molar-refractivity contribution in [2.75, 3.05) is 19.0 Å². The maximum absolute atomic E-state index is 16.1. The van der Waals surface area contributed by atoms with Crippen molar-refractivity contribution in [1.29, 1.82) is 0 Å². The molecule has 1 amide bonds. The van der Waals surface area contributed by atoms with Gasteiger partial charge in [0, 0.05) is 47.2 Å². The van der Waals surface area contributed by atoms with E-state index >= 15 is 4.39 Å². The summed E-state index contributed by atoms with van der Waals surface area (Å²) in [5.41, 5.74) is 2.63. The number of hydrogen-bond acceptors (Lipinski definition) is 5. The monoisotopic (exact) mass is 590 g/mol. The highest BCUT2D eigenvalue weighted by Gasteiger charge is 2.69. The molecule has 1 spiro atoms. The van der Waals surface area contributed by atoms with Gasteiger partial charge in [-0.2, -0.15) is 0 Å². The van der Waals surface area contributed by atoms with E-state index in [0.29, 0.717) is 40.8 Å². The highest BCUT2D eigenvalue weighted by molar-refractivity contribution is 6.31. The first-order chi connectivity index (χ1) is 19.8. The fourth-order valence-electron chi connectivity index (χ4n) is 7.59. The van der Waals surface area contributed by atoms with Crippen molar-refractivity contribution >= 4 is 51.8 Å². The van der Waals surface area contributed by atoms with Gasteiger partial charge in [-0.05, 0) is 60.7 Å². The van der Waals surface area contributed by atoms with Crippen LogP contribution >= 0.6 is 23.2 Å². The Bertz CT molecular complexity index is 1800. The molecule has 0 unspecified atom stereocenters. The number of benzene rings is 3. The smallest absolute Gasteiger partial charge is 0.337 e. The third kappa shape index (κ3) is 3.38. The number of aromatic nitrogens is 2. The third-order valence-corrected chi connectivity index (χ3v) is 9.93. The number of hydrogen-bond donors (Lipinski definition) is 1. The van der Waals surface area contributed by atoms with Crippen LogP contribution in [0.5, 0.6) is 0 Å². The van der Waals surface area contributed by atoms with E-state index in [1.165, 1.54) is 13.2 Å². The molecule has 8 rings (SSSR count). The summed E-state index contributed by atoms with van der Waals surface area (Å²) in [4.78, 5) is 34.1. The Hall–Kier alpha value is -3.46. The second-order valence-corrected chi connectivity index (χ2v) is 12.3. The van der Waals surface area contributed by atoms with Gasteiger partial charge >= 0.3 is 5.97 Å². The van der Waals surface area contributed by atoms with Crippen LogP contribution in [0.15, 0.2) is 54.6 Å². The summed E-state index contributed by atoms with van der Waals surface area (Å²) in [6, 6.07) is 15.6. The first-order valence-electron chi connectivity index (χ1n) is 13.7. The summed E-state index contributed by atoms with van der Waals surface area (Å²) in [6.07, 6.45) is 2.18. The zero-order valence-corrected chi connectivity index (χ0v) is 23.5. The first-order valence-corrected chi connectivity index (χ1v) is 14.5. The van der Waals surface area contributed by atoms with E-state index in [-0.39, 0.29) is 22.9 Å². The zero-order chi connectivity index (χ0) is 28.2. The van der Waals surface area contributed by atoms with E-state index in [9.17, 15) is 9.59 Å². The van der Waals surface area contributed by atoms with Crippen LogP contribution in [-0.2, 0) is 21.6 Å². The number of likely N-dealkylation sites (tertiary alicyclic amines) is 1. The molecule has 4 atom stereocenters. The number of rotatable bonds is 4. The van der Waals surface area contributed by atoms with Gasteiger partial charge in [0.15, 0.2) is 0 Å². The van der Waals surface area contributed by atoms with Crippen molar-refractivity contribution < 1.29 is 18.7 Å². The van der Waals surface area contributed by atoms with Gasteiger partial charge in [-0.15, -0.1) is 0 Å². The van der Waals surface area contributed by atoms with Gasteiger partial charge in [-0.25, -0.2) is 14.2 Å². The Labute approximate surface area is 245 Å². The van der Waals surface area contributed by atoms with Gasteiger partial charge in [0.2, 0.25) is 5.91 Å². The number of nitrogens with zero attached hydrogens (tertiary/aromatic N) is 3. The summed E-state index contributed by atoms with van der Waals surface area (Å²) in [7, 11) is 1.36. The average molecular weight is 591 g/mol. The molecule has 1 saturated carbocycles.